The Morgan fingerprint density at radius 1 is 1.41 bits per heavy atom. The molecule has 1 N–H and O–H groups in total. The van der Waals surface area contributed by atoms with Gasteiger partial charge in [0, 0.05) is 30.3 Å². The van der Waals surface area contributed by atoms with Crippen LogP contribution in [0.3, 0.4) is 0 Å². The Labute approximate surface area is 139 Å². The van der Waals surface area contributed by atoms with Gasteiger partial charge in [0.1, 0.15) is 5.15 Å². The van der Waals surface area contributed by atoms with E-state index in [2.05, 4.69) is 10.4 Å². The summed E-state index contributed by atoms with van der Waals surface area (Å²) in [5.74, 6) is -0.165. The lowest BCUT2D eigenvalue weighted by atomic mass is 10.1. The standard InChI is InChI=1S/C16H17Cl2N3O/c1-11-14(16(18)21(2)20-11)6-7-15(22)19-9-8-12-4-3-5-13(17)10-12/h3-7,10H,8-9H2,1-2H3,(H,19,22)/b7-6+. The van der Waals surface area contributed by atoms with Crippen molar-refractivity contribution in [3.8, 4) is 0 Å². The Hall–Kier alpha value is -1.78. The molecule has 0 aliphatic heterocycles. The molecular weight excluding hydrogens is 321 g/mol. The Bertz CT molecular complexity index is 707. The van der Waals surface area contributed by atoms with Gasteiger partial charge in [-0.2, -0.15) is 5.10 Å². The summed E-state index contributed by atoms with van der Waals surface area (Å²) in [5.41, 5.74) is 2.63. The molecule has 0 fully saturated rings. The van der Waals surface area contributed by atoms with Gasteiger partial charge in [0.05, 0.1) is 5.69 Å². The number of halogens is 2. The highest BCUT2D eigenvalue weighted by Gasteiger charge is 2.08. The number of rotatable bonds is 5. The highest BCUT2D eigenvalue weighted by atomic mass is 35.5. The molecule has 6 heteroatoms. The van der Waals surface area contributed by atoms with E-state index in [0.29, 0.717) is 16.7 Å². The van der Waals surface area contributed by atoms with Crippen LogP contribution >= 0.6 is 23.2 Å². The fourth-order valence-electron chi connectivity index (χ4n) is 2.08. The molecule has 116 valence electrons. The normalized spacial score (nSPS) is 11.1. The second kappa shape index (κ2) is 7.47. The van der Waals surface area contributed by atoms with Gasteiger partial charge in [-0.25, -0.2) is 0 Å². The van der Waals surface area contributed by atoms with Crippen LogP contribution in [0.4, 0.5) is 0 Å². The number of nitrogens with zero attached hydrogens (tertiary/aromatic N) is 2. The maximum absolute atomic E-state index is 11.8. The van der Waals surface area contributed by atoms with Crippen molar-refractivity contribution in [2.45, 2.75) is 13.3 Å². The summed E-state index contributed by atoms with van der Waals surface area (Å²) in [5, 5.41) is 8.23. The number of aromatic nitrogens is 2. The average Bonchev–Trinajstić information content (AvgIpc) is 2.70. The summed E-state index contributed by atoms with van der Waals surface area (Å²) in [7, 11) is 1.76. The second-order valence-corrected chi connectivity index (χ2v) is 5.71. The van der Waals surface area contributed by atoms with Crippen molar-refractivity contribution < 1.29 is 4.79 Å². The number of nitrogens with one attached hydrogen (secondary N) is 1. The van der Waals surface area contributed by atoms with Crippen molar-refractivity contribution in [3.05, 3.63) is 57.3 Å². The quantitative estimate of drug-likeness (QED) is 0.850. The Balaban J connectivity index is 1.86. The second-order valence-electron chi connectivity index (χ2n) is 4.92. The van der Waals surface area contributed by atoms with Crippen molar-refractivity contribution in [1.82, 2.24) is 15.1 Å². The molecule has 2 aromatic rings. The van der Waals surface area contributed by atoms with Gasteiger partial charge in [-0.05, 0) is 37.1 Å². The smallest absolute Gasteiger partial charge is 0.244 e. The third-order valence-corrected chi connectivity index (χ3v) is 3.88. The van der Waals surface area contributed by atoms with Crippen LogP contribution in [0.5, 0.6) is 0 Å². The zero-order valence-electron chi connectivity index (χ0n) is 12.4. The Morgan fingerprint density at radius 3 is 2.82 bits per heavy atom. The maximum Gasteiger partial charge on any atom is 0.244 e. The summed E-state index contributed by atoms with van der Waals surface area (Å²) in [6.45, 7) is 2.39. The third kappa shape index (κ3) is 4.36. The lowest BCUT2D eigenvalue weighted by Crippen LogP contribution is -2.23. The van der Waals surface area contributed by atoms with Crippen molar-refractivity contribution in [2.75, 3.05) is 6.54 Å². The van der Waals surface area contributed by atoms with E-state index in [-0.39, 0.29) is 5.91 Å². The minimum absolute atomic E-state index is 0.165. The van der Waals surface area contributed by atoms with Gasteiger partial charge in [-0.15, -0.1) is 0 Å². The van der Waals surface area contributed by atoms with Crippen molar-refractivity contribution in [3.63, 3.8) is 0 Å². The van der Waals surface area contributed by atoms with Crippen LogP contribution in [0.25, 0.3) is 6.08 Å². The molecule has 0 atom stereocenters. The van der Waals surface area contributed by atoms with Crippen molar-refractivity contribution in [1.29, 1.82) is 0 Å². The molecule has 22 heavy (non-hydrogen) atoms. The van der Waals surface area contributed by atoms with Crippen LogP contribution < -0.4 is 5.32 Å². The fourth-order valence-corrected chi connectivity index (χ4v) is 2.53. The Kier molecular flexibility index (Phi) is 5.63. The zero-order valence-corrected chi connectivity index (χ0v) is 13.9. The molecule has 0 aliphatic carbocycles. The highest BCUT2D eigenvalue weighted by molar-refractivity contribution is 6.31. The number of hydrogen-bond acceptors (Lipinski definition) is 2. The summed E-state index contributed by atoms with van der Waals surface area (Å²) < 4.78 is 1.58. The number of aryl methyl sites for hydroxylation is 2. The van der Waals surface area contributed by atoms with Crippen LogP contribution in [-0.4, -0.2) is 22.2 Å². The van der Waals surface area contributed by atoms with Gasteiger partial charge < -0.3 is 5.32 Å². The van der Waals surface area contributed by atoms with Crippen LogP contribution in [0.1, 0.15) is 16.8 Å². The van der Waals surface area contributed by atoms with Gasteiger partial charge in [0.15, 0.2) is 0 Å². The van der Waals surface area contributed by atoms with Gasteiger partial charge in [-0.1, -0.05) is 35.3 Å². The molecule has 0 spiro atoms. The molecule has 1 amide bonds. The summed E-state index contributed by atoms with van der Waals surface area (Å²) >= 11 is 12.0. The molecule has 0 unspecified atom stereocenters. The minimum atomic E-state index is -0.165. The van der Waals surface area contributed by atoms with E-state index in [9.17, 15) is 4.79 Å². The molecule has 0 saturated heterocycles. The highest BCUT2D eigenvalue weighted by Crippen LogP contribution is 2.19. The minimum Gasteiger partial charge on any atom is -0.352 e. The first-order valence-corrected chi connectivity index (χ1v) is 7.62. The average molecular weight is 338 g/mol. The number of benzene rings is 1. The molecule has 0 aliphatic rings. The SMILES string of the molecule is Cc1nn(C)c(Cl)c1/C=C/C(=O)NCCc1cccc(Cl)c1. The zero-order chi connectivity index (χ0) is 16.1. The summed E-state index contributed by atoms with van der Waals surface area (Å²) in [4.78, 5) is 11.8. The first-order chi connectivity index (χ1) is 10.5. The molecule has 0 saturated carbocycles. The van der Waals surface area contributed by atoms with E-state index >= 15 is 0 Å². The van der Waals surface area contributed by atoms with Gasteiger partial charge >= 0.3 is 0 Å². The van der Waals surface area contributed by atoms with E-state index in [4.69, 9.17) is 23.2 Å². The van der Waals surface area contributed by atoms with Crippen LogP contribution in [0.15, 0.2) is 30.3 Å². The first kappa shape index (κ1) is 16.6. The number of amides is 1. The molecular formula is C16H17Cl2N3O. The van der Waals surface area contributed by atoms with Crippen LogP contribution in [-0.2, 0) is 18.3 Å². The summed E-state index contributed by atoms with van der Waals surface area (Å²) in [6.07, 6.45) is 3.88. The molecule has 2 rings (SSSR count). The van der Waals surface area contributed by atoms with Crippen LogP contribution in [0, 0.1) is 6.92 Å². The largest absolute Gasteiger partial charge is 0.352 e. The monoisotopic (exact) mass is 337 g/mol. The van der Waals surface area contributed by atoms with E-state index in [1.165, 1.54) is 6.08 Å². The number of carbonyl (C=O) groups is 1. The molecule has 1 aromatic heterocycles. The van der Waals surface area contributed by atoms with E-state index in [0.717, 1.165) is 23.2 Å². The fraction of sp³-hybridized carbons (Fsp3) is 0.250. The predicted molar refractivity (Wildman–Crippen MR) is 90.2 cm³/mol. The molecule has 0 bridgehead atoms. The third-order valence-electron chi connectivity index (χ3n) is 3.20. The molecule has 0 radical (unpaired) electrons. The first-order valence-electron chi connectivity index (χ1n) is 6.87. The summed E-state index contributed by atoms with van der Waals surface area (Å²) in [6, 6.07) is 7.59. The Morgan fingerprint density at radius 2 is 2.18 bits per heavy atom. The molecule has 4 nitrogen and oxygen atoms in total. The van der Waals surface area contributed by atoms with Gasteiger partial charge in [0.2, 0.25) is 5.91 Å². The van der Waals surface area contributed by atoms with E-state index in [1.807, 2.05) is 31.2 Å². The number of carbonyl (C=O) groups excluding carboxylic acids is 1. The van der Waals surface area contributed by atoms with Crippen molar-refractivity contribution >= 4 is 35.2 Å². The van der Waals surface area contributed by atoms with E-state index < -0.39 is 0 Å². The number of hydrogen-bond donors (Lipinski definition) is 1. The predicted octanol–water partition coefficient (Wildman–Crippen LogP) is 3.41. The van der Waals surface area contributed by atoms with Gasteiger partial charge in [-0.3, -0.25) is 9.48 Å². The lowest BCUT2D eigenvalue weighted by molar-refractivity contribution is -0.116. The van der Waals surface area contributed by atoms with Crippen molar-refractivity contribution in [2.24, 2.45) is 7.05 Å². The molecule has 1 heterocycles. The van der Waals surface area contributed by atoms with Crippen LogP contribution in [0.2, 0.25) is 10.2 Å². The topological polar surface area (TPSA) is 46.9 Å². The molecule has 1 aromatic carbocycles. The lowest BCUT2D eigenvalue weighted by Gasteiger charge is -2.03. The van der Waals surface area contributed by atoms with Gasteiger partial charge in [0.25, 0.3) is 0 Å². The maximum atomic E-state index is 11.8. The van der Waals surface area contributed by atoms with E-state index in [1.54, 1.807) is 17.8 Å².